The van der Waals surface area contributed by atoms with Crippen LogP contribution in [0.1, 0.15) is 19.3 Å². The molecule has 0 radical (unpaired) electrons. The summed E-state index contributed by atoms with van der Waals surface area (Å²) in [5.74, 6) is -0.679. The summed E-state index contributed by atoms with van der Waals surface area (Å²) in [7, 11) is 1.60. The van der Waals surface area contributed by atoms with Crippen molar-refractivity contribution in [2.45, 2.75) is 31.4 Å². The molecule has 1 N–H and O–H groups in total. The quantitative estimate of drug-likeness (QED) is 0.681. The average molecular weight is 289 g/mol. The predicted octanol–water partition coefficient (Wildman–Crippen LogP) is 3.37. The van der Waals surface area contributed by atoms with E-state index in [4.69, 9.17) is 16.3 Å². The Kier molecular flexibility index (Phi) is 4.21. The second-order valence-corrected chi connectivity index (χ2v) is 4.90. The first kappa shape index (κ1) is 14.0. The SMILES string of the molecule is COC1CCCC1Nc1cc(F)c(Cl)cc1[N+](=O)[O-]. The Balaban J connectivity index is 2.28. The Bertz CT molecular complexity index is 498. The second kappa shape index (κ2) is 5.71. The van der Waals surface area contributed by atoms with Crippen molar-refractivity contribution in [3.8, 4) is 0 Å². The Hall–Kier alpha value is -1.40. The molecular weight excluding hydrogens is 275 g/mol. The summed E-state index contributed by atoms with van der Waals surface area (Å²) in [6.07, 6.45) is 2.68. The maximum Gasteiger partial charge on any atom is 0.294 e. The minimum atomic E-state index is -0.679. The van der Waals surface area contributed by atoms with Crippen molar-refractivity contribution in [1.29, 1.82) is 0 Å². The van der Waals surface area contributed by atoms with E-state index in [9.17, 15) is 14.5 Å². The number of methoxy groups -OCH3 is 1. The topological polar surface area (TPSA) is 64.4 Å². The molecule has 1 saturated carbocycles. The van der Waals surface area contributed by atoms with E-state index in [2.05, 4.69) is 5.32 Å². The van der Waals surface area contributed by atoms with Gasteiger partial charge in [-0.25, -0.2) is 4.39 Å². The lowest BCUT2D eigenvalue weighted by atomic mass is 10.2. The first-order chi connectivity index (χ1) is 9.02. The number of anilines is 1. The maximum atomic E-state index is 13.4. The predicted molar refractivity (Wildman–Crippen MR) is 70.1 cm³/mol. The third kappa shape index (κ3) is 2.96. The molecule has 1 aromatic rings. The van der Waals surface area contributed by atoms with Crippen LogP contribution in [0, 0.1) is 15.9 Å². The van der Waals surface area contributed by atoms with Crippen LogP contribution < -0.4 is 5.32 Å². The number of rotatable bonds is 4. The fourth-order valence-corrected chi connectivity index (χ4v) is 2.53. The van der Waals surface area contributed by atoms with Gasteiger partial charge in [0.05, 0.1) is 22.1 Å². The summed E-state index contributed by atoms with van der Waals surface area (Å²) >= 11 is 5.57. The number of halogens is 2. The lowest BCUT2D eigenvalue weighted by Gasteiger charge is -2.20. The molecule has 0 heterocycles. The molecule has 2 unspecified atom stereocenters. The van der Waals surface area contributed by atoms with Crippen LogP contribution in [0.3, 0.4) is 0 Å². The van der Waals surface area contributed by atoms with Gasteiger partial charge in [-0.1, -0.05) is 11.6 Å². The first-order valence-corrected chi connectivity index (χ1v) is 6.33. The van der Waals surface area contributed by atoms with Crippen LogP contribution in [0.4, 0.5) is 15.8 Å². The molecule has 104 valence electrons. The maximum absolute atomic E-state index is 13.4. The standard InChI is InChI=1S/C12H14ClFN2O3/c1-19-12-4-2-3-9(12)15-10-6-8(14)7(13)5-11(10)16(17)18/h5-6,9,12,15H,2-4H2,1H3. The van der Waals surface area contributed by atoms with E-state index < -0.39 is 10.7 Å². The number of nitro benzene ring substituents is 1. The van der Waals surface area contributed by atoms with E-state index in [1.54, 1.807) is 7.11 Å². The monoisotopic (exact) mass is 288 g/mol. The first-order valence-electron chi connectivity index (χ1n) is 5.95. The number of benzene rings is 1. The molecule has 1 aromatic carbocycles. The van der Waals surface area contributed by atoms with Gasteiger partial charge in [0.25, 0.3) is 5.69 Å². The van der Waals surface area contributed by atoms with Crippen molar-refractivity contribution < 1.29 is 14.1 Å². The lowest BCUT2D eigenvalue weighted by molar-refractivity contribution is -0.384. The highest BCUT2D eigenvalue weighted by molar-refractivity contribution is 6.31. The molecule has 7 heteroatoms. The Morgan fingerprint density at radius 1 is 1.53 bits per heavy atom. The van der Waals surface area contributed by atoms with Gasteiger partial charge in [-0.05, 0) is 19.3 Å². The summed E-state index contributed by atoms with van der Waals surface area (Å²) in [5, 5.41) is 13.7. The number of nitrogens with one attached hydrogen (secondary N) is 1. The highest BCUT2D eigenvalue weighted by atomic mass is 35.5. The van der Waals surface area contributed by atoms with Gasteiger partial charge < -0.3 is 10.1 Å². The van der Waals surface area contributed by atoms with Gasteiger partial charge in [0.2, 0.25) is 0 Å². The smallest absolute Gasteiger partial charge is 0.294 e. The van der Waals surface area contributed by atoms with Crippen molar-refractivity contribution in [2.75, 3.05) is 12.4 Å². The Morgan fingerprint density at radius 3 is 2.89 bits per heavy atom. The number of hydrogen-bond donors (Lipinski definition) is 1. The van der Waals surface area contributed by atoms with Gasteiger partial charge >= 0.3 is 0 Å². The van der Waals surface area contributed by atoms with Crippen molar-refractivity contribution in [2.24, 2.45) is 0 Å². The molecule has 0 spiro atoms. The molecular formula is C12H14ClFN2O3. The number of ether oxygens (including phenoxy) is 1. The largest absolute Gasteiger partial charge is 0.379 e. The minimum Gasteiger partial charge on any atom is -0.379 e. The molecule has 0 bridgehead atoms. The van der Waals surface area contributed by atoms with Crippen molar-refractivity contribution in [1.82, 2.24) is 0 Å². The number of nitrogens with zero attached hydrogens (tertiary/aromatic N) is 1. The zero-order valence-corrected chi connectivity index (χ0v) is 11.1. The average Bonchev–Trinajstić information content (AvgIpc) is 2.80. The summed E-state index contributed by atoms with van der Waals surface area (Å²) in [6.45, 7) is 0. The Labute approximate surface area is 114 Å². The molecule has 5 nitrogen and oxygen atoms in total. The lowest BCUT2D eigenvalue weighted by Crippen LogP contribution is -2.30. The minimum absolute atomic E-state index is 0.0154. The van der Waals surface area contributed by atoms with E-state index >= 15 is 0 Å². The fraction of sp³-hybridized carbons (Fsp3) is 0.500. The third-order valence-electron chi connectivity index (χ3n) is 3.33. The van der Waals surface area contributed by atoms with Gasteiger partial charge in [-0.2, -0.15) is 0 Å². The van der Waals surface area contributed by atoms with Gasteiger partial charge in [-0.3, -0.25) is 10.1 Å². The molecule has 1 aliphatic carbocycles. The van der Waals surface area contributed by atoms with E-state index in [1.165, 1.54) is 0 Å². The van der Waals surface area contributed by atoms with Crippen molar-refractivity contribution >= 4 is 23.0 Å². The van der Waals surface area contributed by atoms with Crippen molar-refractivity contribution in [3.63, 3.8) is 0 Å². The highest BCUT2D eigenvalue weighted by Gasteiger charge is 2.29. The molecule has 1 aliphatic rings. The summed E-state index contributed by atoms with van der Waals surface area (Å²) < 4.78 is 18.7. The second-order valence-electron chi connectivity index (χ2n) is 4.50. The zero-order chi connectivity index (χ0) is 14.0. The molecule has 0 amide bonds. The molecule has 0 saturated heterocycles. The summed E-state index contributed by atoms with van der Waals surface area (Å²) in [6, 6.07) is 2.03. The normalized spacial score (nSPS) is 22.5. The van der Waals surface area contributed by atoms with E-state index in [0.717, 1.165) is 31.4 Å². The van der Waals surface area contributed by atoms with Crippen LogP contribution >= 0.6 is 11.6 Å². The number of nitro groups is 1. The van der Waals surface area contributed by atoms with E-state index in [0.29, 0.717) is 0 Å². The highest BCUT2D eigenvalue weighted by Crippen LogP contribution is 2.33. The van der Waals surface area contributed by atoms with Gasteiger partial charge in [-0.15, -0.1) is 0 Å². The molecule has 2 rings (SSSR count). The van der Waals surface area contributed by atoms with Crippen LogP contribution in [-0.2, 0) is 4.74 Å². The molecule has 19 heavy (non-hydrogen) atoms. The number of hydrogen-bond acceptors (Lipinski definition) is 4. The van der Waals surface area contributed by atoms with Gasteiger partial charge in [0.15, 0.2) is 0 Å². The van der Waals surface area contributed by atoms with Gasteiger partial charge in [0, 0.05) is 19.2 Å². The Morgan fingerprint density at radius 2 is 2.26 bits per heavy atom. The molecule has 0 aromatic heterocycles. The van der Waals surface area contributed by atoms with Gasteiger partial charge in [0.1, 0.15) is 11.5 Å². The third-order valence-corrected chi connectivity index (χ3v) is 3.62. The van der Waals surface area contributed by atoms with Crippen LogP contribution in [-0.4, -0.2) is 24.2 Å². The van der Waals surface area contributed by atoms with Crippen molar-refractivity contribution in [3.05, 3.63) is 33.1 Å². The molecule has 0 aliphatic heterocycles. The molecule has 2 atom stereocenters. The molecule has 1 fully saturated rings. The fourth-order valence-electron chi connectivity index (χ4n) is 2.38. The van der Waals surface area contributed by atoms with Crippen LogP contribution in [0.25, 0.3) is 0 Å². The summed E-state index contributed by atoms with van der Waals surface area (Å²) in [5.41, 5.74) is -0.0889. The van der Waals surface area contributed by atoms with Crippen LogP contribution in [0.15, 0.2) is 12.1 Å². The van der Waals surface area contributed by atoms with Crippen LogP contribution in [0.5, 0.6) is 0 Å². The summed E-state index contributed by atoms with van der Waals surface area (Å²) in [4.78, 5) is 10.4. The zero-order valence-electron chi connectivity index (χ0n) is 10.4. The van der Waals surface area contributed by atoms with Crippen LogP contribution in [0.2, 0.25) is 5.02 Å². The van der Waals surface area contributed by atoms with E-state index in [-0.39, 0.29) is 28.5 Å². The van der Waals surface area contributed by atoms with E-state index in [1.807, 2.05) is 0 Å².